The van der Waals surface area contributed by atoms with Crippen molar-refractivity contribution in [1.29, 1.82) is 0 Å². The molecule has 0 amide bonds. The first-order valence-corrected chi connectivity index (χ1v) is 17.7. The molecule has 2 heterocycles. The van der Waals surface area contributed by atoms with E-state index >= 15 is 0 Å². The van der Waals surface area contributed by atoms with Crippen molar-refractivity contribution in [2.75, 3.05) is 19.6 Å². The number of anilines is 8. The quantitative estimate of drug-likeness (QED) is 0.183. The molecule has 0 saturated heterocycles. The Bertz CT molecular complexity index is 1880. The molecule has 2 aliphatic rings. The van der Waals surface area contributed by atoms with Crippen LogP contribution in [-0.2, 0) is 0 Å². The number of hydrogen-bond donors (Lipinski definition) is 0. The van der Waals surface area contributed by atoms with Gasteiger partial charge in [0.1, 0.15) is 0 Å². The van der Waals surface area contributed by atoms with Crippen molar-refractivity contribution < 1.29 is 0 Å². The van der Waals surface area contributed by atoms with Crippen molar-refractivity contribution in [1.82, 2.24) is 0 Å². The summed E-state index contributed by atoms with van der Waals surface area (Å²) >= 11 is 0. The molecule has 8 rings (SSSR count). The molecule has 0 N–H and O–H groups in total. The van der Waals surface area contributed by atoms with Gasteiger partial charge < -0.3 is 19.6 Å². The van der Waals surface area contributed by atoms with Gasteiger partial charge in [0.25, 0.3) is 0 Å². The molecule has 0 aliphatic carbocycles. The highest BCUT2D eigenvalue weighted by atomic mass is 15.5. The summed E-state index contributed by atoms with van der Waals surface area (Å²) in [6, 6.07) is 45.9. The Kier molecular flexibility index (Phi) is 7.71. The molecule has 6 aromatic carbocycles. The third kappa shape index (κ3) is 5.22. The fraction of sp³-hybridized carbons (Fsp3) is 0.217. The van der Waals surface area contributed by atoms with Crippen LogP contribution >= 0.6 is 0 Å². The molecule has 4 heteroatoms. The maximum atomic E-state index is 2.60. The molecule has 0 radical (unpaired) electrons. The van der Waals surface area contributed by atoms with E-state index in [1.807, 2.05) is 0 Å². The van der Waals surface area contributed by atoms with Crippen molar-refractivity contribution in [3.05, 3.63) is 166 Å². The second kappa shape index (κ2) is 12.1. The van der Waals surface area contributed by atoms with Crippen molar-refractivity contribution >= 4 is 45.5 Å². The zero-order valence-electron chi connectivity index (χ0n) is 30.5. The Labute approximate surface area is 297 Å². The van der Waals surface area contributed by atoms with Crippen LogP contribution < -0.4 is 19.6 Å². The summed E-state index contributed by atoms with van der Waals surface area (Å²) in [5.41, 5.74) is 19.8. The second-order valence-corrected chi connectivity index (χ2v) is 14.5. The minimum atomic E-state index is -0.160. The van der Waals surface area contributed by atoms with Gasteiger partial charge in [0.2, 0.25) is 0 Å². The highest BCUT2D eigenvalue weighted by molar-refractivity contribution is 5.95. The average Bonchev–Trinajstić information content (AvgIpc) is 3.58. The van der Waals surface area contributed by atoms with Gasteiger partial charge in [-0.3, -0.25) is 0 Å². The molecule has 2 aliphatic heterocycles. The number of benzene rings is 6. The molecule has 0 spiro atoms. The maximum absolute atomic E-state index is 2.60. The van der Waals surface area contributed by atoms with Gasteiger partial charge in [-0.15, -0.1) is 0 Å². The molecule has 0 saturated carbocycles. The predicted octanol–water partition coefficient (Wildman–Crippen LogP) is 12.1. The fourth-order valence-corrected chi connectivity index (χ4v) is 7.67. The lowest BCUT2D eigenvalue weighted by atomic mass is 10.1. The molecule has 50 heavy (non-hydrogen) atoms. The summed E-state index contributed by atoms with van der Waals surface area (Å²) in [5.74, 6) is 0. The predicted molar refractivity (Wildman–Crippen MR) is 213 cm³/mol. The van der Waals surface area contributed by atoms with E-state index in [2.05, 4.69) is 196 Å². The van der Waals surface area contributed by atoms with Gasteiger partial charge in [-0.1, -0.05) is 70.8 Å². The molecule has 4 nitrogen and oxygen atoms in total. The molecular weight excluding hydrogens is 609 g/mol. The van der Waals surface area contributed by atoms with Gasteiger partial charge in [-0.05, 0) is 150 Å². The fourth-order valence-electron chi connectivity index (χ4n) is 7.67. The number of fused-ring (bicyclic) bond motifs is 2. The van der Waals surface area contributed by atoms with E-state index in [1.165, 1.54) is 90.0 Å². The van der Waals surface area contributed by atoms with Crippen molar-refractivity contribution in [2.24, 2.45) is 0 Å². The van der Waals surface area contributed by atoms with E-state index in [1.54, 1.807) is 0 Å². The number of aryl methyl sites for hydroxylation is 8. The van der Waals surface area contributed by atoms with Gasteiger partial charge in [0.05, 0.1) is 22.7 Å². The first-order valence-electron chi connectivity index (χ1n) is 17.7. The van der Waals surface area contributed by atoms with Crippen LogP contribution in [0.15, 0.2) is 121 Å². The number of hydrogen-bond acceptors (Lipinski definition) is 4. The Morgan fingerprint density at radius 3 is 0.640 bits per heavy atom. The van der Waals surface area contributed by atoms with Gasteiger partial charge in [-0.25, -0.2) is 0 Å². The second-order valence-electron chi connectivity index (χ2n) is 14.5. The average molecular weight is 655 g/mol. The zero-order valence-corrected chi connectivity index (χ0v) is 30.5. The largest absolute Gasteiger partial charge is 0.314 e. The van der Waals surface area contributed by atoms with E-state index < -0.39 is 0 Å². The number of rotatable bonds is 5. The topological polar surface area (TPSA) is 13.0 Å². The van der Waals surface area contributed by atoms with Gasteiger partial charge >= 0.3 is 0 Å². The van der Waals surface area contributed by atoms with E-state index in [0.29, 0.717) is 0 Å². The summed E-state index contributed by atoms with van der Waals surface area (Å²) in [4.78, 5) is 10.4. The molecule has 0 aromatic heterocycles. The van der Waals surface area contributed by atoms with E-state index in [9.17, 15) is 0 Å². The summed E-state index contributed by atoms with van der Waals surface area (Å²) in [7, 11) is 0. The first kappa shape index (κ1) is 31.8. The van der Waals surface area contributed by atoms with Crippen LogP contribution in [0.1, 0.15) is 44.5 Å². The van der Waals surface area contributed by atoms with Crippen LogP contribution in [0.2, 0.25) is 0 Å². The molecule has 250 valence electrons. The van der Waals surface area contributed by atoms with E-state index in [-0.39, 0.29) is 12.3 Å². The van der Waals surface area contributed by atoms with Crippen molar-refractivity contribution in [3.8, 4) is 0 Å². The standard InChI is InChI=1S/C46H46N4/c1-29-9-17-37(18-10-29)47-41-25-33(5)34(6)26-42(41)48(38-19-11-30(2)12-20-38)45(47)46-49(39-21-13-31(3)14-22-39)43-27-35(7)36(8)28-44(43)50(46)40-23-15-32(4)16-24-40/h9-28,45-46H,1-8H3. The molecule has 0 fully saturated rings. The smallest absolute Gasteiger partial charge is 0.151 e. The molecule has 0 bridgehead atoms. The normalized spacial score (nSPS) is 14.5. The lowest BCUT2D eigenvalue weighted by Gasteiger charge is -2.44. The van der Waals surface area contributed by atoms with Crippen LogP contribution in [0, 0.1) is 55.4 Å². The van der Waals surface area contributed by atoms with Crippen LogP contribution in [0.25, 0.3) is 0 Å². The minimum Gasteiger partial charge on any atom is -0.314 e. The summed E-state index contributed by atoms with van der Waals surface area (Å²) in [6.45, 7) is 17.6. The Morgan fingerprint density at radius 2 is 0.460 bits per heavy atom. The van der Waals surface area contributed by atoms with Gasteiger partial charge in [0, 0.05) is 22.7 Å². The van der Waals surface area contributed by atoms with Crippen molar-refractivity contribution in [3.63, 3.8) is 0 Å². The first-order chi connectivity index (χ1) is 24.1. The molecule has 6 aromatic rings. The minimum absolute atomic E-state index is 0.160. The SMILES string of the molecule is Cc1ccc(N2c3cc(C)c(C)cc3N(c3ccc(C)cc3)C2C2N(c3ccc(C)cc3)c3cc(C)c(C)cc3N2c2ccc(C)cc2)cc1. The van der Waals surface area contributed by atoms with Gasteiger partial charge in [0.15, 0.2) is 12.3 Å². The summed E-state index contributed by atoms with van der Waals surface area (Å²) < 4.78 is 0. The third-order valence-electron chi connectivity index (χ3n) is 10.8. The van der Waals surface area contributed by atoms with Crippen LogP contribution in [0.4, 0.5) is 45.5 Å². The Morgan fingerprint density at radius 1 is 0.280 bits per heavy atom. The van der Waals surface area contributed by atoms with E-state index in [0.717, 1.165) is 0 Å². The van der Waals surface area contributed by atoms with E-state index in [4.69, 9.17) is 0 Å². The molecular formula is C46H46N4. The Hall–Kier alpha value is -5.48. The zero-order chi connectivity index (χ0) is 34.8. The lowest BCUT2D eigenvalue weighted by molar-refractivity contribution is 0.549. The monoisotopic (exact) mass is 654 g/mol. The maximum Gasteiger partial charge on any atom is 0.151 e. The highest BCUT2D eigenvalue weighted by Crippen LogP contribution is 2.56. The summed E-state index contributed by atoms with van der Waals surface area (Å²) in [5, 5.41) is 0. The highest BCUT2D eigenvalue weighted by Gasteiger charge is 2.52. The molecule has 0 atom stereocenters. The molecule has 0 unspecified atom stereocenters. The Balaban J connectivity index is 1.48. The van der Waals surface area contributed by atoms with Crippen LogP contribution in [0.5, 0.6) is 0 Å². The van der Waals surface area contributed by atoms with Crippen LogP contribution in [0.3, 0.4) is 0 Å². The lowest BCUT2D eigenvalue weighted by Crippen LogP contribution is -2.58. The van der Waals surface area contributed by atoms with Gasteiger partial charge in [-0.2, -0.15) is 0 Å². The van der Waals surface area contributed by atoms with Crippen molar-refractivity contribution in [2.45, 2.75) is 67.7 Å². The number of nitrogens with zero attached hydrogens (tertiary/aromatic N) is 4. The summed E-state index contributed by atoms with van der Waals surface area (Å²) in [6.07, 6.45) is -0.320. The van der Waals surface area contributed by atoms with Crippen LogP contribution in [-0.4, -0.2) is 12.3 Å². The third-order valence-corrected chi connectivity index (χ3v) is 10.8.